The lowest BCUT2D eigenvalue weighted by molar-refractivity contribution is -0.119. The number of carbonyl (C=O) groups excluding carboxylic acids is 2. The Morgan fingerprint density at radius 2 is 1.36 bits per heavy atom. The second-order valence-corrected chi connectivity index (χ2v) is 8.55. The number of benzene rings is 4. The highest BCUT2D eigenvalue weighted by Crippen LogP contribution is 2.31. The number of aromatic nitrogens is 2. The molecule has 5 rings (SSSR count). The predicted octanol–water partition coefficient (Wildman–Crippen LogP) is 5.78. The number of fused-ring (bicyclic) bond motifs is 1. The summed E-state index contributed by atoms with van der Waals surface area (Å²) < 4.78 is 15.7. The summed E-state index contributed by atoms with van der Waals surface area (Å²) in [6, 6.07) is 29.5. The van der Waals surface area contributed by atoms with Crippen molar-refractivity contribution >= 4 is 28.6 Å². The van der Waals surface area contributed by atoms with Crippen molar-refractivity contribution in [2.75, 3.05) is 26.1 Å². The van der Waals surface area contributed by atoms with Gasteiger partial charge in [-0.05, 0) is 30.3 Å². The molecule has 1 N–H and O–H groups in total. The number of carbonyl (C=O) groups is 2. The van der Waals surface area contributed by atoms with Crippen LogP contribution in [0.1, 0.15) is 10.4 Å². The molecule has 1 heterocycles. The molecule has 0 saturated carbocycles. The molecule has 0 radical (unpaired) electrons. The van der Waals surface area contributed by atoms with Crippen molar-refractivity contribution in [3.05, 3.63) is 103 Å². The molecule has 5 aromatic rings. The first-order valence-electron chi connectivity index (χ1n) is 12.2. The lowest BCUT2D eigenvalue weighted by Gasteiger charge is -2.12. The van der Waals surface area contributed by atoms with Gasteiger partial charge in [0.1, 0.15) is 11.5 Å². The summed E-state index contributed by atoms with van der Waals surface area (Å²) in [5, 5.41) is 2.68. The Bertz CT molecular complexity index is 1640. The zero-order chi connectivity index (χ0) is 27.2. The molecular formula is C31H25N3O5. The summed E-state index contributed by atoms with van der Waals surface area (Å²) in [5.74, 6) is -0.174. The summed E-state index contributed by atoms with van der Waals surface area (Å²) in [7, 11) is 3.01. The van der Waals surface area contributed by atoms with Crippen molar-refractivity contribution < 1.29 is 23.8 Å². The van der Waals surface area contributed by atoms with Crippen LogP contribution in [0, 0.1) is 0 Å². The first-order valence-corrected chi connectivity index (χ1v) is 12.2. The first-order chi connectivity index (χ1) is 19.1. The Labute approximate surface area is 225 Å². The van der Waals surface area contributed by atoms with Gasteiger partial charge < -0.3 is 19.5 Å². The van der Waals surface area contributed by atoms with E-state index in [1.54, 1.807) is 36.4 Å². The van der Waals surface area contributed by atoms with Gasteiger partial charge in [-0.25, -0.2) is 14.8 Å². The third-order valence-corrected chi connectivity index (χ3v) is 6.01. The maximum Gasteiger partial charge on any atom is 0.338 e. The SMILES string of the molecule is COc1ccc(OC)c(NC(=O)COC(=O)c2ccc3nc(-c4ccccc4)c(-c4ccccc4)nc3c2)c1. The summed E-state index contributed by atoms with van der Waals surface area (Å²) in [6.45, 7) is -0.481. The summed E-state index contributed by atoms with van der Waals surface area (Å²) in [4.78, 5) is 35.1. The highest BCUT2D eigenvalue weighted by molar-refractivity contribution is 5.98. The van der Waals surface area contributed by atoms with Crippen LogP contribution in [0.2, 0.25) is 0 Å². The van der Waals surface area contributed by atoms with E-state index in [4.69, 9.17) is 24.2 Å². The Morgan fingerprint density at radius 1 is 0.718 bits per heavy atom. The maximum atomic E-state index is 12.8. The number of esters is 1. The van der Waals surface area contributed by atoms with Crippen molar-refractivity contribution in [3.8, 4) is 34.0 Å². The van der Waals surface area contributed by atoms with Gasteiger partial charge in [-0.3, -0.25) is 4.79 Å². The topological polar surface area (TPSA) is 99.6 Å². The summed E-state index contributed by atoms with van der Waals surface area (Å²) in [6.07, 6.45) is 0. The maximum absolute atomic E-state index is 12.8. The van der Waals surface area contributed by atoms with Gasteiger partial charge in [0.2, 0.25) is 0 Å². The highest BCUT2D eigenvalue weighted by Gasteiger charge is 2.17. The van der Waals surface area contributed by atoms with Crippen molar-refractivity contribution in [1.29, 1.82) is 0 Å². The third-order valence-electron chi connectivity index (χ3n) is 6.01. The molecule has 194 valence electrons. The van der Waals surface area contributed by atoms with Crippen LogP contribution in [0.15, 0.2) is 97.1 Å². The number of methoxy groups -OCH3 is 2. The minimum Gasteiger partial charge on any atom is -0.497 e. The standard InChI is InChI=1S/C31H25N3O5/c1-37-23-14-16-27(38-2)26(18-23)32-28(35)19-39-31(36)22-13-15-24-25(17-22)34-30(21-11-7-4-8-12-21)29(33-24)20-9-5-3-6-10-20/h3-18H,19H2,1-2H3,(H,32,35). The Balaban J connectivity index is 1.38. The van der Waals surface area contributed by atoms with Crippen molar-refractivity contribution in [3.63, 3.8) is 0 Å². The number of rotatable bonds is 8. The molecule has 0 unspecified atom stereocenters. The molecule has 8 nitrogen and oxygen atoms in total. The third kappa shape index (κ3) is 5.70. The average Bonchev–Trinajstić information content (AvgIpc) is 2.99. The number of amides is 1. The van der Waals surface area contributed by atoms with Crippen LogP contribution in [-0.4, -0.2) is 42.7 Å². The summed E-state index contributed by atoms with van der Waals surface area (Å²) >= 11 is 0. The molecule has 0 spiro atoms. The molecular weight excluding hydrogens is 494 g/mol. The van der Waals surface area contributed by atoms with Crippen molar-refractivity contribution in [2.45, 2.75) is 0 Å². The fourth-order valence-electron chi connectivity index (χ4n) is 4.09. The molecule has 0 aliphatic rings. The van der Waals surface area contributed by atoms with E-state index >= 15 is 0 Å². The molecule has 1 amide bonds. The van der Waals surface area contributed by atoms with E-state index in [0.717, 1.165) is 16.8 Å². The monoisotopic (exact) mass is 519 g/mol. The molecule has 0 aliphatic carbocycles. The van der Waals surface area contributed by atoms with Gasteiger partial charge >= 0.3 is 5.97 Å². The van der Waals surface area contributed by atoms with Crippen LogP contribution in [-0.2, 0) is 9.53 Å². The van der Waals surface area contributed by atoms with Crippen molar-refractivity contribution in [1.82, 2.24) is 9.97 Å². The van der Waals surface area contributed by atoms with E-state index in [9.17, 15) is 9.59 Å². The fraction of sp³-hybridized carbons (Fsp3) is 0.0968. The Morgan fingerprint density at radius 3 is 1.97 bits per heavy atom. The number of nitrogens with one attached hydrogen (secondary N) is 1. The number of anilines is 1. The van der Waals surface area contributed by atoms with E-state index < -0.39 is 18.5 Å². The smallest absolute Gasteiger partial charge is 0.338 e. The number of hydrogen-bond donors (Lipinski definition) is 1. The number of nitrogens with zero attached hydrogens (tertiary/aromatic N) is 2. The van der Waals surface area contributed by atoms with Crippen LogP contribution in [0.3, 0.4) is 0 Å². The second-order valence-electron chi connectivity index (χ2n) is 8.55. The van der Waals surface area contributed by atoms with E-state index in [-0.39, 0.29) is 5.56 Å². The molecule has 39 heavy (non-hydrogen) atoms. The zero-order valence-corrected chi connectivity index (χ0v) is 21.4. The van der Waals surface area contributed by atoms with Gasteiger partial charge in [0.25, 0.3) is 5.91 Å². The van der Waals surface area contributed by atoms with Crippen LogP contribution in [0.25, 0.3) is 33.5 Å². The van der Waals surface area contributed by atoms with E-state index in [1.807, 2.05) is 60.7 Å². The lowest BCUT2D eigenvalue weighted by Crippen LogP contribution is -2.21. The van der Waals surface area contributed by atoms with E-state index in [2.05, 4.69) is 5.32 Å². The minimum atomic E-state index is -0.653. The van der Waals surface area contributed by atoms with Gasteiger partial charge in [0.05, 0.1) is 47.9 Å². The fourth-order valence-corrected chi connectivity index (χ4v) is 4.09. The normalized spacial score (nSPS) is 10.6. The first kappa shape index (κ1) is 25.4. The van der Waals surface area contributed by atoms with Gasteiger partial charge in [-0.1, -0.05) is 60.7 Å². The zero-order valence-electron chi connectivity index (χ0n) is 21.4. The molecule has 0 aliphatic heterocycles. The summed E-state index contributed by atoms with van der Waals surface area (Å²) in [5.41, 5.74) is 5.12. The molecule has 0 saturated heterocycles. The van der Waals surface area contributed by atoms with Crippen LogP contribution in [0.5, 0.6) is 11.5 Å². The molecule has 8 heteroatoms. The molecule has 4 aromatic carbocycles. The highest BCUT2D eigenvalue weighted by atomic mass is 16.5. The van der Waals surface area contributed by atoms with Gasteiger partial charge in [-0.15, -0.1) is 0 Å². The van der Waals surface area contributed by atoms with E-state index in [1.165, 1.54) is 14.2 Å². The van der Waals surface area contributed by atoms with Gasteiger partial charge in [0.15, 0.2) is 6.61 Å². The Hall–Kier alpha value is -5.24. The molecule has 0 atom stereocenters. The van der Waals surface area contributed by atoms with E-state index in [0.29, 0.717) is 33.9 Å². The van der Waals surface area contributed by atoms with Crippen LogP contribution >= 0.6 is 0 Å². The number of hydrogen-bond acceptors (Lipinski definition) is 7. The molecule has 1 aromatic heterocycles. The molecule has 0 fully saturated rings. The largest absolute Gasteiger partial charge is 0.497 e. The average molecular weight is 520 g/mol. The minimum absolute atomic E-state index is 0.259. The van der Waals surface area contributed by atoms with Crippen molar-refractivity contribution in [2.24, 2.45) is 0 Å². The quantitative estimate of drug-likeness (QED) is 0.260. The molecule has 0 bridgehead atoms. The van der Waals surface area contributed by atoms with Crippen LogP contribution < -0.4 is 14.8 Å². The predicted molar refractivity (Wildman–Crippen MR) is 149 cm³/mol. The Kier molecular flexibility index (Phi) is 7.45. The lowest BCUT2D eigenvalue weighted by atomic mass is 10.0. The second kappa shape index (κ2) is 11.4. The van der Waals surface area contributed by atoms with Gasteiger partial charge in [-0.2, -0.15) is 0 Å². The van der Waals surface area contributed by atoms with Gasteiger partial charge in [0, 0.05) is 17.2 Å². The number of ether oxygens (including phenoxy) is 3. The van der Waals surface area contributed by atoms with Crippen LogP contribution in [0.4, 0.5) is 5.69 Å².